The zero-order valence-corrected chi connectivity index (χ0v) is 18.5. The van der Waals surface area contributed by atoms with E-state index in [1.807, 2.05) is 24.3 Å². The predicted molar refractivity (Wildman–Crippen MR) is 130 cm³/mol. The smallest absolute Gasteiger partial charge is 0.330 e. The Balaban J connectivity index is 1.66. The topological polar surface area (TPSA) is 59.4 Å². The molecule has 0 aliphatic carbocycles. The van der Waals surface area contributed by atoms with E-state index in [1.54, 1.807) is 0 Å². The largest absolute Gasteiger partial charge is 0.493 e. The van der Waals surface area contributed by atoms with Crippen LogP contribution in [0.4, 0.5) is 0 Å². The SMILES string of the molecule is C=CC(=O)OCCCOc1ccc(-c2ccc(-c3ccc(CCC)cc3)cc2C=N)cc1. The Bertz CT molecular complexity index is 1050. The number of benzene rings is 3. The molecule has 0 saturated heterocycles. The van der Waals surface area contributed by atoms with Crippen molar-refractivity contribution < 1.29 is 14.3 Å². The van der Waals surface area contributed by atoms with Gasteiger partial charge in [0.1, 0.15) is 5.75 Å². The van der Waals surface area contributed by atoms with Crippen LogP contribution < -0.4 is 4.74 Å². The van der Waals surface area contributed by atoms with Gasteiger partial charge in [0, 0.05) is 24.3 Å². The van der Waals surface area contributed by atoms with Crippen LogP contribution in [0.3, 0.4) is 0 Å². The van der Waals surface area contributed by atoms with Gasteiger partial charge in [0.2, 0.25) is 0 Å². The molecular weight excluding hydrogens is 398 g/mol. The standard InChI is InChI=1S/C28H29NO3/c1-3-6-21-7-9-22(10-8-21)24-13-16-27(25(19-24)20-29)23-11-14-26(15-12-23)31-17-5-18-32-28(30)4-2/h4,7-16,19-20,29H,2-3,5-6,17-18H2,1H3. The van der Waals surface area contributed by atoms with E-state index in [2.05, 4.69) is 56.0 Å². The van der Waals surface area contributed by atoms with Crippen molar-refractivity contribution in [2.24, 2.45) is 0 Å². The van der Waals surface area contributed by atoms with Gasteiger partial charge in [-0.1, -0.05) is 68.5 Å². The molecule has 4 heteroatoms. The number of aryl methyl sites for hydroxylation is 1. The van der Waals surface area contributed by atoms with Crippen LogP contribution in [0.15, 0.2) is 79.4 Å². The Hall–Kier alpha value is -3.66. The van der Waals surface area contributed by atoms with E-state index in [9.17, 15) is 4.79 Å². The number of esters is 1. The third kappa shape index (κ3) is 6.17. The van der Waals surface area contributed by atoms with Crippen molar-refractivity contribution in [2.75, 3.05) is 13.2 Å². The average Bonchev–Trinajstić information content (AvgIpc) is 2.84. The van der Waals surface area contributed by atoms with E-state index < -0.39 is 5.97 Å². The molecule has 3 rings (SSSR count). The summed E-state index contributed by atoms with van der Waals surface area (Å²) in [4.78, 5) is 11.0. The molecule has 0 atom stereocenters. The van der Waals surface area contributed by atoms with Crippen molar-refractivity contribution in [2.45, 2.75) is 26.2 Å². The highest BCUT2D eigenvalue weighted by Crippen LogP contribution is 2.29. The van der Waals surface area contributed by atoms with E-state index >= 15 is 0 Å². The third-order valence-electron chi connectivity index (χ3n) is 5.17. The molecule has 0 heterocycles. The lowest BCUT2D eigenvalue weighted by molar-refractivity contribution is -0.137. The molecule has 0 spiro atoms. The average molecular weight is 428 g/mol. The molecular formula is C28H29NO3. The first kappa shape index (κ1) is 23.0. The van der Waals surface area contributed by atoms with Crippen LogP contribution in [0.2, 0.25) is 0 Å². The van der Waals surface area contributed by atoms with Crippen LogP contribution in [0.5, 0.6) is 5.75 Å². The Morgan fingerprint density at radius 2 is 1.62 bits per heavy atom. The second-order valence-corrected chi connectivity index (χ2v) is 7.49. The van der Waals surface area contributed by atoms with Crippen molar-refractivity contribution >= 4 is 12.2 Å². The minimum absolute atomic E-state index is 0.305. The molecule has 0 bridgehead atoms. The van der Waals surface area contributed by atoms with E-state index in [1.165, 1.54) is 11.8 Å². The first-order chi connectivity index (χ1) is 15.6. The van der Waals surface area contributed by atoms with E-state index in [-0.39, 0.29) is 0 Å². The Labute approximate surface area is 190 Å². The molecule has 0 saturated carbocycles. The Morgan fingerprint density at radius 3 is 2.28 bits per heavy atom. The minimum atomic E-state index is -0.420. The molecule has 32 heavy (non-hydrogen) atoms. The number of carbonyl (C=O) groups is 1. The number of rotatable bonds is 11. The Kier molecular flexibility index (Phi) is 8.38. The number of carbonyl (C=O) groups excluding carboxylic acids is 1. The second kappa shape index (κ2) is 11.7. The monoisotopic (exact) mass is 427 g/mol. The van der Waals surface area contributed by atoms with Crippen LogP contribution in [0.25, 0.3) is 22.3 Å². The van der Waals surface area contributed by atoms with E-state index in [0.29, 0.717) is 19.6 Å². The summed E-state index contributed by atoms with van der Waals surface area (Å²) in [5, 5.41) is 7.91. The van der Waals surface area contributed by atoms with Crippen molar-refractivity contribution in [1.29, 1.82) is 5.41 Å². The van der Waals surface area contributed by atoms with Crippen molar-refractivity contribution in [3.63, 3.8) is 0 Å². The lowest BCUT2D eigenvalue weighted by atomic mass is 9.95. The van der Waals surface area contributed by atoms with Crippen molar-refractivity contribution in [3.05, 3.63) is 90.5 Å². The molecule has 0 aromatic heterocycles. The Morgan fingerprint density at radius 1 is 0.938 bits per heavy atom. The van der Waals surface area contributed by atoms with Crippen LogP contribution >= 0.6 is 0 Å². The third-order valence-corrected chi connectivity index (χ3v) is 5.17. The molecule has 0 amide bonds. The molecule has 0 aliphatic rings. The lowest BCUT2D eigenvalue weighted by Gasteiger charge is -2.11. The molecule has 0 aliphatic heterocycles. The maximum absolute atomic E-state index is 11.0. The summed E-state index contributed by atoms with van der Waals surface area (Å²) in [6.45, 7) is 6.31. The highest BCUT2D eigenvalue weighted by atomic mass is 16.5. The van der Waals surface area contributed by atoms with Crippen LogP contribution in [-0.2, 0) is 16.0 Å². The summed E-state index contributed by atoms with van der Waals surface area (Å²) in [5.74, 6) is 0.333. The van der Waals surface area contributed by atoms with Crippen LogP contribution in [0.1, 0.15) is 30.9 Å². The molecule has 3 aromatic carbocycles. The first-order valence-electron chi connectivity index (χ1n) is 10.9. The quantitative estimate of drug-likeness (QED) is 0.165. The maximum Gasteiger partial charge on any atom is 0.330 e. The van der Waals surface area contributed by atoms with Gasteiger partial charge >= 0.3 is 5.97 Å². The van der Waals surface area contributed by atoms with Gasteiger partial charge in [-0.3, -0.25) is 0 Å². The van der Waals surface area contributed by atoms with E-state index in [4.69, 9.17) is 14.9 Å². The molecule has 1 N–H and O–H groups in total. The highest BCUT2D eigenvalue weighted by Gasteiger charge is 2.07. The first-order valence-corrected chi connectivity index (χ1v) is 10.9. The zero-order chi connectivity index (χ0) is 22.8. The summed E-state index contributed by atoms with van der Waals surface area (Å²) < 4.78 is 10.6. The molecule has 0 fully saturated rings. The zero-order valence-electron chi connectivity index (χ0n) is 18.5. The summed E-state index contributed by atoms with van der Waals surface area (Å²) in [7, 11) is 0. The van der Waals surface area contributed by atoms with Gasteiger partial charge in [-0.2, -0.15) is 0 Å². The highest BCUT2D eigenvalue weighted by molar-refractivity contribution is 5.91. The number of ether oxygens (including phenoxy) is 2. The normalized spacial score (nSPS) is 10.4. The van der Waals surface area contributed by atoms with Gasteiger partial charge in [-0.15, -0.1) is 0 Å². The summed E-state index contributed by atoms with van der Waals surface area (Å²) in [6, 6.07) is 22.7. The van der Waals surface area contributed by atoms with Gasteiger partial charge in [0.25, 0.3) is 0 Å². The van der Waals surface area contributed by atoms with E-state index in [0.717, 1.165) is 52.5 Å². The molecule has 3 aromatic rings. The molecule has 164 valence electrons. The van der Waals surface area contributed by atoms with Gasteiger partial charge in [0.15, 0.2) is 0 Å². The summed E-state index contributed by atoms with van der Waals surface area (Å²) in [5.41, 5.74) is 6.52. The van der Waals surface area contributed by atoms with Crippen molar-refractivity contribution in [1.82, 2.24) is 0 Å². The van der Waals surface area contributed by atoms with Gasteiger partial charge < -0.3 is 14.9 Å². The minimum Gasteiger partial charge on any atom is -0.493 e. The number of hydrogen-bond acceptors (Lipinski definition) is 4. The predicted octanol–water partition coefficient (Wildman–Crippen LogP) is 6.47. The fraction of sp³-hybridized carbons (Fsp3) is 0.214. The van der Waals surface area contributed by atoms with Gasteiger partial charge in [0.05, 0.1) is 13.2 Å². The number of nitrogens with one attached hydrogen (secondary N) is 1. The van der Waals surface area contributed by atoms with Crippen molar-refractivity contribution in [3.8, 4) is 28.0 Å². The molecule has 0 unspecified atom stereocenters. The van der Waals surface area contributed by atoms with Gasteiger partial charge in [-0.05, 0) is 52.4 Å². The summed E-state index contributed by atoms with van der Waals surface area (Å²) in [6.07, 6.45) is 5.39. The van der Waals surface area contributed by atoms with Crippen LogP contribution in [0, 0.1) is 5.41 Å². The lowest BCUT2D eigenvalue weighted by Crippen LogP contribution is -2.06. The summed E-state index contributed by atoms with van der Waals surface area (Å²) >= 11 is 0. The fourth-order valence-corrected chi connectivity index (χ4v) is 3.49. The maximum atomic E-state index is 11.0. The fourth-order valence-electron chi connectivity index (χ4n) is 3.49. The molecule has 0 radical (unpaired) electrons. The number of hydrogen-bond donors (Lipinski definition) is 1. The van der Waals surface area contributed by atoms with Gasteiger partial charge in [-0.25, -0.2) is 4.79 Å². The second-order valence-electron chi connectivity index (χ2n) is 7.49. The molecule has 4 nitrogen and oxygen atoms in total. The van der Waals surface area contributed by atoms with Crippen LogP contribution in [-0.4, -0.2) is 25.4 Å².